The van der Waals surface area contributed by atoms with E-state index in [2.05, 4.69) is 15.5 Å². The lowest BCUT2D eigenvalue weighted by molar-refractivity contribution is 0.577. The summed E-state index contributed by atoms with van der Waals surface area (Å²) in [6.07, 6.45) is 0. The van der Waals surface area contributed by atoms with Crippen molar-refractivity contribution in [1.29, 1.82) is 0 Å². The normalized spacial score (nSPS) is 11.7. The van der Waals surface area contributed by atoms with Crippen LogP contribution < -0.4 is 5.73 Å². The minimum atomic E-state index is -3.06. The molecule has 1 aromatic carbocycles. The maximum Gasteiger partial charge on any atom is 0.184 e. The minimum Gasteiger partial charge on any atom is -0.398 e. The fraction of sp³-hybridized carbons (Fsp3) is 0.417. The van der Waals surface area contributed by atoms with Gasteiger partial charge < -0.3 is 5.73 Å². The Labute approximate surface area is 117 Å². The fourth-order valence-corrected chi connectivity index (χ4v) is 2.52. The summed E-state index contributed by atoms with van der Waals surface area (Å²) in [4.78, 5) is 0. The molecular formula is C12H17N5O2S. The molecule has 2 aromatic rings. The van der Waals surface area contributed by atoms with Gasteiger partial charge in [0.15, 0.2) is 15.7 Å². The second kappa shape index (κ2) is 5.58. The van der Waals surface area contributed by atoms with Gasteiger partial charge in [-0.1, -0.05) is 18.6 Å². The summed E-state index contributed by atoms with van der Waals surface area (Å²) >= 11 is 0. The van der Waals surface area contributed by atoms with Gasteiger partial charge in [-0.25, -0.2) is 13.1 Å². The molecule has 0 saturated heterocycles. The van der Waals surface area contributed by atoms with Crippen LogP contribution in [0.2, 0.25) is 0 Å². The molecule has 0 aliphatic heterocycles. The summed E-state index contributed by atoms with van der Waals surface area (Å²) in [7, 11) is -3.06. The summed E-state index contributed by atoms with van der Waals surface area (Å²) in [5.41, 5.74) is 8.23. The van der Waals surface area contributed by atoms with Gasteiger partial charge in [0.05, 0.1) is 12.3 Å². The first-order valence-corrected chi connectivity index (χ1v) is 8.08. The van der Waals surface area contributed by atoms with Gasteiger partial charge in [-0.05, 0) is 29.5 Å². The zero-order chi connectivity index (χ0) is 14.8. The number of benzene rings is 1. The number of nitrogen functional groups attached to an aromatic ring is 1. The van der Waals surface area contributed by atoms with Crippen molar-refractivity contribution in [3.63, 3.8) is 0 Å². The van der Waals surface area contributed by atoms with Crippen LogP contribution in [0.1, 0.15) is 12.5 Å². The van der Waals surface area contributed by atoms with Gasteiger partial charge in [0.2, 0.25) is 0 Å². The molecule has 0 fully saturated rings. The van der Waals surface area contributed by atoms with E-state index in [4.69, 9.17) is 5.73 Å². The third-order valence-electron chi connectivity index (χ3n) is 3.04. The summed E-state index contributed by atoms with van der Waals surface area (Å²) in [6.45, 7) is 3.78. The Bertz CT molecular complexity index is 708. The van der Waals surface area contributed by atoms with E-state index in [-0.39, 0.29) is 18.1 Å². The monoisotopic (exact) mass is 295 g/mol. The molecule has 1 heterocycles. The van der Waals surface area contributed by atoms with E-state index in [0.29, 0.717) is 17.1 Å². The third kappa shape index (κ3) is 3.13. The SMILES string of the molecule is CCS(=O)(=O)CCn1nnnc1-c1cc(C)ccc1N. The number of tetrazole rings is 1. The number of sulfone groups is 1. The number of aromatic nitrogens is 4. The van der Waals surface area contributed by atoms with Crippen molar-refractivity contribution in [3.8, 4) is 11.4 Å². The Morgan fingerprint density at radius 2 is 2.10 bits per heavy atom. The molecule has 8 heteroatoms. The molecule has 0 aliphatic rings. The van der Waals surface area contributed by atoms with E-state index in [1.165, 1.54) is 4.68 Å². The molecule has 0 amide bonds. The number of rotatable bonds is 5. The van der Waals surface area contributed by atoms with E-state index in [1.54, 1.807) is 13.0 Å². The Morgan fingerprint density at radius 3 is 2.80 bits per heavy atom. The van der Waals surface area contributed by atoms with Gasteiger partial charge >= 0.3 is 0 Å². The van der Waals surface area contributed by atoms with Crippen LogP contribution in [0.3, 0.4) is 0 Å². The maximum absolute atomic E-state index is 11.6. The van der Waals surface area contributed by atoms with Crippen molar-refractivity contribution in [2.75, 3.05) is 17.2 Å². The highest BCUT2D eigenvalue weighted by Gasteiger charge is 2.15. The second-order valence-electron chi connectivity index (χ2n) is 4.55. The molecule has 0 unspecified atom stereocenters. The van der Waals surface area contributed by atoms with Crippen LogP contribution in [0, 0.1) is 6.92 Å². The highest BCUT2D eigenvalue weighted by molar-refractivity contribution is 7.91. The van der Waals surface area contributed by atoms with Gasteiger partial charge in [-0.2, -0.15) is 0 Å². The Kier molecular flexibility index (Phi) is 4.03. The lowest BCUT2D eigenvalue weighted by atomic mass is 10.1. The Hall–Kier alpha value is -1.96. The summed E-state index contributed by atoms with van der Waals surface area (Å²) in [5, 5.41) is 11.4. The number of aryl methyl sites for hydroxylation is 2. The molecule has 0 spiro atoms. The van der Waals surface area contributed by atoms with E-state index in [0.717, 1.165) is 5.56 Å². The molecule has 2 N–H and O–H groups in total. The predicted octanol–water partition coefficient (Wildman–Crippen LogP) is 0.665. The van der Waals surface area contributed by atoms with Crippen LogP contribution in [-0.2, 0) is 16.4 Å². The van der Waals surface area contributed by atoms with Gasteiger partial charge in [-0.3, -0.25) is 0 Å². The number of anilines is 1. The summed E-state index contributed by atoms with van der Waals surface area (Å²) < 4.78 is 24.6. The fourth-order valence-electron chi connectivity index (χ4n) is 1.78. The first kappa shape index (κ1) is 14.4. The van der Waals surface area contributed by atoms with Crippen molar-refractivity contribution < 1.29 is 8.42 Å². The van der Waals surface area contributed by atoms with E-state index in [9.17, 15) is 8.42 Å². The molecule has 0 bridgehead atoms. The minimum absolute atomic E-state index is 0.00720. The molecule has 0 atom stereocenters. The smallest absolute Gasteiger partial charge is 0.184 e. The van der Waals surface area contributed by atoms with Crippen molar-refractivity contribution in [3.05, 3.63) is 23.8 Å². The molecule has 20 heavy (non-hydrogen) atoms. The highest BCUT2D eigenvalue weighted by Crippen LogP contribution is 2.24. The lowest BCUT2D eigenvalue weighted by Crippen LogP contribution is -2.16. The van der Waals surface area contributed by atoms with Gasteiger partial charge in [0.25, 0.3) is 0 Å². The second-order valence-corrected chi connectivity index (χ2v) is 7.03. The van der Waals surface area contributed by atoms with Gasteiger partial charge in [-0.15, -0.1) is 5.10 Å². The summed E-state index contributed by atoms with van der Waals surface area (Å²) in [5.74, 6) is 0.599. The number of hydrogen-bond donors (Lipinski definition) is 1. The van der Waals surface area contributed by atoms with Gasteiger partial charge in [0.1, 0.15) is 0 Å². The number of hydrogen-bond acceptors (Lipinski definition) is 6. The third-order valence-corrected chi connectivity index (χ3v) is 4.72. The average Bonchev–Trinajstić information content (AvgIpc) is 2.87. The zero-order valence-electron chi connectivity index (χ0n) is 11.4. The molecule has 2 rings (SSSR count). The van der Waals surface area contributed by atoms with E-state index < -0.39 is 9.84 Å². The first-order valence-electron chi connectivity index (χ1n) is 6.26. The quantitative estimate of drug-likeness (QED) is 0.813. The lowest BCUT2D eigenvalue weighted by Gasteiger charge is -2.07. The van der Waals surface area contributed by atoms with Crippen molar-refractivity contribution >= 4 is 15.5 Å². The summed E-state index contributed by atoms with van der Waals surface area (Å²) in [6, 6.07) is 5.56. The largest absolute Gasteiger partial charge is 0.398 e. The average molecular weight is 295 g/mol. The molecule has 0 aliphatic carbocycles. The Morgan fingerprint density at radius 1 is 1.35 bits per heavy atom. The predicted molar refractivity (Wildman–Crippen MR) is 76.7 cm³/mol. The Balaban J connectivity index is 2.31. The van der Waals surface area contributed by atoms with Gasteiger partial charge in [0, 0.05) is 17.0 Å². The number of nitrogens with zero attached hydrogens (tertiary/aromatic N) is 4. The van der Waals surface area contributed by atoms with Crippen LogP contribution in [0.25, 0.3) is 11.4 Å². The topological polar surface area (TPSA) is 104 Å². The zero-order valence-corrected chi connectivity index (χ0v) is 12.3. The standard InChI is InChI=1S/C12H17N5O2S/c1-3-20(18,19)7-6-17-12(14-15-16-17)10-8-9(2)4-5-11(10)13/h4-5,8H,3,6-7,13H2,1-2H3. The van der Waals surface area contributed by atoms with Crippen LogP contribution in [0.5, 0.6) is 0 Å². The maximum atomic E-state index is 11.6. The van der Waals surface area contributed by atoms with Crippen LogP contribution in [0.4, 0.5) is 5.69 Å². The number of nitrogens with two attached hydrogens (primary N) is 1. The first-order chi connectivity index (χ1) is 9.43. The molecule has 0 radical (unpaired) electrons. The van der Waals surface area contributed by atoms with Crippen molar-refractivity contribution in [2.45, 2.75) is 20.4 Å². The molecule has 7 nitrogen and oxygen atoms in total. The van der Waals surface area contributed by atoms with E-state index >= 15 is 0 Å². The highest BCUT2D eigenvalue weighted by atomic mass is 32.2. The molecule has 108 valence electrons. The molecular weight excluding hydrogens is 278 g/mol. The van der Waals surface area contributed by atoms with Crippen molar-refractivity contribution in [2.24, 2.45) is 0 Å². The van der Waals surface area contributed by atoms with Crippen molar-refractivity contribution in [1.82, 2.24) is 20.2 Å². The van der Waals surface area contributed by atoms with Crippen LogP contribution >= 0.6 is 0 Å². The van der Waals surface area contributed by atoms with E-state index in [1.807, 2.05) is 19.1 Å². The molecule has 1 aromatic heterocycles. The van der Waals surface area contributed by atoms with Crippen LogP contribution in [0.15, 0.2) is 18.2 Å². The molecule has 0 saturated carbocycles. The van der Waals surface area contributed by atoms with Crippen LogP contribution in [-0.4, -0.2) is 40.1 Å².